The van der Waals surface area contributed by atoms with E-state index in [9.17, 15) is 4.79 Å². The number of amides is 1. The smallest absolute Gasteiger partial charge is 0.227 e. The molecule has 1 aromatic rings. The number of hydrogen-bond donors (Lipinski definition) is 1. The van der Waals surface area contributed by atoms with Crippen LogP contribution in [-0.4, -0.2) is 20.1 Å². The van der Waals surface area contributed by atoms with Crippen molar-refractivity contribution in [1.29, 1.82) is 0 Å². The summed E-state index contributed by atoms with van der Waals surface area (Å²) in [7, 11) is 3.21. The number of carbonyl (C=O) groups excluding carboxylic acids is 1. The molecular formula is C13H17NO3. The lowest BCUT2D eigenvalue weighted by Crippen LogP contribution is -2.14. The van der Waals surface area contributed by atoms with E-state index >= 15 is 0 Å². The predicted octanol–water partition coefficient (Wildman–Crippen LogP) is 2.36. The van der Waals surface area contributed by atoms with Gasteiger partial charge in [0.2, 0.25) is 5.91 Å². The van der Waals surface area contributed by atoms with Gasteiger partial charge in [0.15, 0.2) is 0 Å². The first kappa shape index (κ1) is 11.8. The number of hydrogen-bond acceptors (Lipinski definition) is 3. The summed E-state index contributed by atoms with van der Waals surface area (Å²) in [6, 6.07) is 3.64. The van der Waals surface area contributed by atoms with Gasteiger partial charge in [0.25, 0.3) is 0 Å². The Morgan fingerprint density at radius 2 is 2.00 bits per heavy atom. The zero-order valence-electron chi connectivity index (χ0n) is 10.4. The van der Waals surface area contributed by atoms with Gasteiger partial charge in [-0.25, -0.2) is 0 Å². The van der Waals surface area contributed by atoms with Crippen LogP contribution in [0.2, 0.25) is 0 Å². The molecule has 1 saturated carbocycles. The highest BCUT2D eigenvalue weighted by Gasteiger charge is 2.30. The number of methoxy groups -OCH3 is 2. The van der Waals surface area contributed by atoms with Crippen LogP contribution in [0.1, 0.15) is 18.4 Å². The van der Waals surface area contributed by atoms with E-state index in [0.717, 1.165) is 24.2 Å². The molecule has 0 heterocycles. The number of rotatable bonds is 4. The van der Waals surface area contributed by atoms with Crippen molar-refractivity contribution in [2.45, 2.75) is 19.8 Å². The average Bonchev–Trinajstić information content (AvgIpc) is 3.13. The zero-order chi connectivity index (χ0) is 12.4. The third-order valence-corrected chi connectivity index (χ3v) is 2.99. The van der Waals surface area contributed by atoms with Gasteiger partial charge in [-0.05, 0) is 31.9 Å². The minimum atomic E-state index is 0.0767. The summed E-state index contributed by atoms with van der Waals surface area (Å²) < 4.78 is 10.5. The average molecular weight is 235 g/mol. The van der Waals surface area contributed by atoms with Crippen LogP contribution in [0.3, 0.4) is 0 Å². The summed E-state index contributed by atoms with van der Waals surface area (Å²) in [5.74, 6) is 1.68. The molecule has 0 atom stereocenters. The van der Waals surface area contributed by atoms with Crippen molar-refractivity contribution in [1.82, 2.24) is 0 Å². The van der Waals surface area contributed by atoms with Gasteiger partial charge in [-0.2, -0.15) is 0 Å². The monoisotopic (exact) mass is 235 g/mol. The maximum Gasteiger partial charge on any atom is 0.227 e. The molecule has 0 bridgehead atoms. The van der Waals surface area contributed by atoms with E-state index in [4.69, 9.17) is 9.47 Å². The van der Waals surface area contributed by atoms with Crippen LogP contribution in [0, 0.1) is 12.8 Å². The Morgan fingerprint density at radius 1 is 1.29 bits per heavy atom. The Morgan fingerprint density at radius 3 is 2.53 bits per heavy atom. The Kier molecular flexibility index (Phi) is 3.22. The van der Waals surface area contributed by atoms with Crippen molar-refractivity contribution < 1.29 is 14.3 Å². The van der Waals surface area contributed by atoms with Crippen molar-refractivity contribution in [2.24, 2.45) is 5.92 Å². The Hall–Kier alpha value is -1.71. The number of anilines is 1. The number of carbonyl (C=O) groups is 1. The van der Waals surface area contributed by atoms with E-state index in [-0.39, 0.29) is 11.8 Å². The Labute approximate surface area is 101 Å². The first-order chi connectivity index (χ1) is 8.17. The Bertz CT molecular complexity index is 439. The van der Waals surface area contributed by atoms with Crippen molar-refractivity contribution >= 4 is 11.6 Å². The normalized spacial score (nSPS) is 14.3. The second kappa shape index (κ2) is 4.65. The molecule has 92 valence electrons. The molecule has 1 amide bonds. The maximum atomic E-state index is 11.7. The molecule has 0 spiro atoms. The van der Waals surface area contributed by atoms with Crippen molar-refractivity contribution in [2.75, 3.05) is 19.5 Å². The zero-order valence-corrected chi connectivity index (χ0v) is 10.4. The molecule has 17 heavy (non-hydrogen) atoms. The van der Waals surface area contributed by atoms with Crippen LogP contribution < -0.4 is 14.8 Å². The summed E-state index contributed by atoms with van der Waals surface area (Å²) in [5.41, 5.74) is 1.60. The predicted molar refractivity (Wildman–Crippen MR) is 65.6 cm³/mol. The van der Waals surface area contributed by atoms with Gasteiger partial charge in [-0.3, -0.25) is 4.79 Å². The highest BCUT2D eigenvalue weighted by atomic mass is 16.5. The van der Waals surface area contributed by atoms with Crippen LogP contribution in [0.4, 0.5) is 5.69 Å². The second-order valence-corrected chi connectivity index (χ2v) is 4.24. The fourth-order valence-electron chi connectivity index (χ4n) is 1.84. The lowest BCUT2D eigenvalue weighted by atomic mass is 10.1. The van der Waals surface area contributed by atoms with Gasteiger partial charge < -0.3 is 14.8 Å². The van der Waals surface area contributed by atoms with Crippen molar-refractivity contribution in [3.8, 4) is 11.5 Å². The Balaban J connectivity index is 2.26. The lowest BCUT2D eigenvalue weighted by Gasteiger charge is -2.14. The summed E-state index contributed by atoms with van der Waals surface area (Å²) in [6.07, 6.45) is 1.98. The second-order valence-electron chi connectivity index (χ2n) is 4.24. The molecule has 4 heteroatoms. The van der Waals surface area contributed by atoms with Crippen molar-refractivity contribution in [3.63, 3.8) is 0 Å². The highest BCUT2D eigenvalue weighted by molar-refractivity contribution is 5.95. The van der Waals surface area contributed by atoms with E-state index in [0.29, 0.717) is 11.4 Å². The first-order valence-electron chi connectivity index (χ1n) is 5.69. The van der Waals surface area contributed by atoms with Gasteiger partial charge >= 0.3 is 0 Å². The van der Waals surface area contributed by atoms with Crippen LogP contribution in [0.25, 0.3) is 0 Å². The van der Waals surface area contributed by atoms with Gasteiger partial charge in [0.1, 0.15) is 11.5 Å². The SMILES string of the molecule is COc1ccc(NC(=O)C2CC2)c(OC)c1C. The van der Waals surface area contributed by atoms with Gasteiger partial charge in [0.05, 0.1) is 19.9 Å². The highest BCUT2D eigenvalue weighted by Crippen LogP contribution is 2.37. The molecular weight excluding hydrogens is 218 g/mol. The topological polar surface area (TPSA) is 47.6 Å². The molecule has 1 fully saturated rings. The molecule has 0 unspecified atom stereocenters. The minimum absolute atomic E-state index is 0.0767. The van der Waals surface area contributed by atoms with Gasteiger partial charge in [-0.1, -0.05) is 0 Å². The molecule has 1 N–H and O–H groups in total. The number of benzene rings is 1. The summed E-state index contributed by atoms with van der Waals surface area (Å²) in [6.45, 7) is 1.91. The van der Waals surface area contributed by atoms with Crippen molar-refractivity contribution in [3.05, 3.63) is 17.7 Å². The summed E-state index contributed by atoms with van der Waals surface area (Å²) in [4.78, 5) is 11.7. The molecule has 1 aromatic carbocycles. The van der Waals surface area contributed by atoms with Gasteiger partial charge in [0, 0.05) is 11.5 Å². The van der Waals surface area contributed by atoms with Crippen LogP contribution in [-0.2, 0) is 4.79 Å². The van der Waals surface area contributed by atoms with E-state index < -0.39 is 0 Å². The lowest BCUT2D eigenvalue weighted by molar-refractivity contribution is -0.117. The third kappa shape index (κ3) is 2.35. The molecule has 0 radical (unpaired) electrons. The summed E-state index contributed by atoms with van der Waals surface area (Å²) in [5, 5.41) is 2.90. The quantitative estimate of drug-likeness (QED) is 0.871. The van der Waals surface area contributed by atoms with E-state index in [1.165, 1.54) is 0 Å². The molecule has 0 aliphatic heterocycles. The molecule has 2 rings (SSSR count). The number of ether oxygens (including phenoxy) is 2. The first-order valence-corrected chi connectivity index (χ1v) is 5.69. The largest absolute Gasteiger partial charge is 0.496 e. The molecule has 0 aromatic heterocycles. The number of nitrogens with one attached hydrogen (secondary N) is 1. The minimum Gasteiger partial charge on any atom is -0.496 e. The molecule has 4 nitrogen and oxygen atoms in total. The standard InChI is InChI=1S/C13H17NO3/c1-8-11(16-2)7-6-10(12(8)17-3)14-13(15)9-4-5-9/h6-7,9H,4-5H2,1-3H3,(H,14,15). The van der Waals surface area contributed by atoms with Crippen LogP contribution in [0.15, 0.2) is 12.1 Å². The van der Waals surface area contributed by atoms with Gasteiger partial charge in [-0.15, -0.1) is 0 Å². The van der Waals surface area contributed by atoms with E-state index in [2.05, 4.69) is 5.32 Å². The molecule has 1 aliphatic carbocycles. The fourth-order valence-corrected chi connectivity index (χ4v) is 1.84. The van der Waals surface area contributed by atoms with E-state index in [1.807, 2.05) is 19.1 Å². The van der Waals surface area contributed by atoms with Crippen LogP contribution >= 0.6 is 0 Å². The molecule has 1 aliphatic rings. The summed E-state index contributed by atoms with van der Waals surface area (Å²) >= 11 is 0. The maximum absolute atomic E-state index is 11.7. The third-order valence-electron chi connectivity index (χ3n) is 2.99. The molecule has 0 saturated heterocycles. The van der Waals surface area contributed by atoms with E-state index in [1.54, 1.807) is 14.2 Å². The fraction of sp³-hybridized carbons (Fsp3) is 0.462. The van der Waals surface area contributed by atoms with Crippen LogP contribution in [0.5, 0.6) is 11.5 Å².